The van der Waals surface area contributed by atoms with Gasteiger partial charge in [-0.1, -0.05) is 11.6 Å². The molecule has 1 N–H and O–H groups in total. The average Bonchev–Trinajstić information content (AvgIpc) is 2.34. The van der Waals surface area contributed by atoms with Crippen molar-refractivity contribution in [1.29, 1.82) is 0 Å². The molecule has 1 aromatic carbocycles. The quantitative estimate of drug-likeness (QED) is 0.909. The Morgan fingerprint density at radius 3 is 2.39 bits per heavy atom. The summed E-state index contributed by atoms with van der Waals surface area (Å²) < 4.78 is 28.1. The first-order valence-corrected chi connectivity index (χ1v) is 5.45. The topological polar surface area (TPSA) is 34.1 Å². The number of hydrogen-bond acceptors (Lipinski definition) is 3. The Morgan fingerprint density at radius 1 is 1.11 bits per heavy atom. The van der Waals surface area contributed by atoms with Crippen LogP contribution in [0.15, 0.2) is 42.6 Å². The first-order chi connectivity index (χ1) is 8.63. The van der Waals surface area contributed by atoms with Gasteiger partial charge in [0.1, 0.15) is 11.6 Å². The van der Waals surface area contributed by atoms with Crippen molar-refractivity contribution in [3.63, 3.8) is 0 Å². The lowest BCUT2D eigenvalue weighted by atomic mass is 10.3. The van der Waals surface area contributed by atoms with Crippen LogP contribution in [0.3, 0.4) is 0 Å². The van der Waals surface area contributed by atoms with Crippen LogP contribution in [0.4, 0.5) is 20.3 Å². The number of rotatable bonds is 4. The van der Waals surface area contributed by atoms with Gasteiger partial charge in [0.05, 0.1) is 5.02 Å². The molecule has 0 atom stereocenters. The molecule has 0 aliphatic rings. The van der Waals surface area contributed by atoms with Crippen LogP contribution in [0.5, 0.6) is 5.75 Å². The number of alkyl halides is 2. The van der Waals surface area contributed by atoms with E-state index in [1.807, 2.05) is 0 Å². The lowest BCUT2D eigenvalue weighted by Gasteiger charge is -2.07. The summed E-state index contributed by atoms with van der Waals surface area (Å²) >= 11 is 5.71. The monoisotopic (exact) mass is 270 g/mol. The molecule has 1 aromatic heterocycles. The van der Waals surface area contributed by atoms with Gasteiger partial charge in [-0.3, -0.25) is 0 Å². The summed E-state index contributed by atoms with van der Waals surface area (Å²) in [6.45, 7) is -2.82. The molecular formula is C12H9ClF2N2O. The van der Waals surface area contributed by atoms with Crippen molar-refractivity contribution >= 4 is 23.1 Å². The van der Waals surface area contributed by atoms with Gasteiger partial charge >= 0.3 is 6.61 Å². The molecule has 0 saturated heterocycles. The Hall–Kier alpha value is -1.88. The summed E-state index contributed by atoms with van der Waals surface area (Å²) in [5, 5.41) is 3.54. The van der Waals surface area contributed by atoms with Crippen LogP contribution in [0.25, 0.3) is 0 Å². The maximum atomic E-state index is 11.9. The second-order valence-corrected chi connectivity index (χ2v) is 3.83. The van der Waals surface area contributed by atoms with E-state index in [0.29, 0.717) is 16.5 Å². The van der Waals surface area contributed by atoms with Crippen molar-refractivity contribution in [3.05, 3.63) is 47.6 Å². The van der Waals surface area contributed by atoms with E-state index in [1.54, 1.807) is 24.3 Å². The van der Waals surface area contributed by atoms with Crippen molar-refractivity contribution < 1.29 is 13.5 Å². The maximum Gasteiger partial charge on any atom is 0.387 e. The van der Waals surface area contributed by atoms with E-state index in [9.17, 15) is 8.78 Å². The van der Waals surface area contributed by atoms with E-state index in [0.717, 1.165) is 0 Å². The highest BCUT2D eigenvalue weighted by Crippen LogP contribution is 2.20. The van der Waals surface area contributed by atoms with Gasteiger partial charge in [-0.2, -0.15) is 8.78 Å². The van der Waals surface area contributed by atoms with Gasteiger partial charge in [0.15, 0.2) is 0 Å². The van der Waals surface area contributed by atoms with E-state index >= 15 is 0 Å². The van der Waals surface area contributed by atoms with Gasteiger partial charge in [-0.25, -0.2) is 4.98 Å². The summed E-state index contributed by atoms with van der Waals surface area (Å²) in [7, 11) is 0. The Balaban J connectivity index is 2.04. The zero-order valence-corrected chi connectivity index (χ0v) is 9.86. The van der Waals surface area contributed by atoms with Gasteiger partial charge in [0.2, 0.25) is 0 Å². The lowest BCUT2D eigenvalue weighted by Crippen LogP contribution is -2.01. The Labute approximate surface area is 107 Å². The molecule has 0 fully saturated rings. The minimum absolute atomic E-state index is 0.111. The number of anilines is 2. The zero-order chi connectivity index (χ0) is 13.0. The van der Waals surface area contributed by atoms with Crippen LogP contribution in [-0.2, 0) is 0 Å². The third kappa shape index (κ3) is 3.56. The van der Waals surface area contributed by atoms with Gasteiger partial charge in [-0.05, 0) is 36.4 Å². The minimum Gasteiger partial charge on any atom is -0.435 e. The summed E-state index contributed by atoms with van der Waals surface area (Å²) in [6, 6.07) is 9.55. The molecule has 0 radical (unpaired) electrons. The number of nitrogens with one attached hydrogen (secondary N) is 1. The third-order valence-electron chi connectivity index (χ3n) is 2.08. The molecule has 94 valence electrons. The first kappa shape index (κ1) is 12.6. The van der Waals surface area contributed by atoms with Crippen LogP contribution in [0.1, 0.15) is 0 Å². The zero-order valence-electron chi connectivity index (χ0n) is 9.11. The van der Waals surface area contributed by atoms with Crippen LogP contribution >= 0.6 is 11.6 Å². The number of ether oxygens (including phenoxy) is 1. The summed E-state index contributed by atoms with van der Waals surface area (Å²) in [4.78, 5) is 4.05. The molecule has 0 aliphatic heterocycles. The van der Waals surface area contributed by atoms with Gasteiger partial charge in [-0.15, -0.1) is 0 Å². The number of aromatic nitrogens is 1. The van der Waals surface area contributed by atoms with Gasteiger partial charge in [0.25, 0.3) is 0 Å². The smallest absolute Gasteiger partial charge is 0.387 e. The normalized spacial score (nSPS) is 10.4. The average molecular weight is 271 g/mol. The molecule has 6 heteroatoms. The third-order valence-corrected chi connectivity index (χ3v) is 2.30. The summed E-state index contributed by atoms with van der Waals surface area (Å²) in [5.41, 5.74) is 0.714. The maximum absolute atomic E-state index is 11.9. The molecule has 0 unspecified atom stereocenters. The van der Waals surface area contributed by atoms with E-state index in [4.69, 9.17) is 11.6 Å². The van der Waals surface area contributed by atoms with E-state index in [2.05, 4.69) is 15.0 Å². The predicted octanol–water partition coefficient (Wildman–Crippen LogP) is 4.08. The SMILES string of the molecule is FC(F)Oc1ccc(Nc2ccc(Cl)cn2)cc1. The largest absolute Gasteiger partial charge is 0.435 e. The molecule has 2 aromatic rings. The van der Waals surface area contributed by atoms with Crippen LogP contribution < -0.4 is 10.1 Å². The molecule has 18 heavy (non-hydrogen) atoms. The van der Waals surface area contributed by atoms with E-state index in [1.165, 1.54) is 18.3 Å². The molecule has 0 aliphatic carbocycles. The second-order valence-electron chi connectivity index (χ2n) is 3.39. The van der Waals surface area contributed by atoms with Crippen molar-refractivity contribution in [2.45, 2.75) is 6.61 Å². The standard InChI is InChI=1S/C12H9ClF2N2O/c13-8-1-6-11(16-7-8)17-9-2-4-10(5-3-9)18-12(14)15/h1-7,12H,(H,16,17). The van der Waals surface area contributed by atoms with Gasteiger partial charge < -0.3 is 10.1 Å². The fraction of sp³-hybridized carbons (Fsp3) is 0.0833. The van der Waals surface area contributed by atoms with Crippen molar-refractivity contribution in [2.75, 3.05) is 5.32 Å². The van der Waals surface area contributed by atoms with Crippen molar-refractivity contribution in [3.8, 4) is 5.75 Å². The number of nitrogens with zero attached hydrogens (tertiary/aromatic N) is 1. The molecular weight excluding hydrogens is 262 g/mol. The first-order valence-electron chi connectivity index (χ1n) is 5.07. The predicted molar refractivity (Wildman–Crippen MR) is 65.6 cm³/mol. The van der Waals surface area contributed by atoms with Crippen LogP contribution in [-0.4, -0.2) is 11.6 Å². The number of halogens is 3. The Bertz CT molecular complexity index is 502. The fourth-order valence-corrected chi connectivity index (χ4v) is 1.43. The van der Waals surface area contributed by atoms with Crippen molar-refractivity contribution in [2.24, 2.45) is 0 Å². The van der Waals surface area contributed by atoms with Crippen LogP contribution in [0.2, 0.25) is 5.02 Å². The highest BCUT2D eigenvalue weighted by Gasteiger charge is 2.03. The molecule has 0 bridgehead atoms. The second kappa shape index (κ2) is 5.64. The Kier molecular flexibility index (Phi) is 3.94. The number of hydrogen-bond donors (Lipinski definition) is 1. The van der Waals surface area contributed by atoms with Crippen molar-refractivity contribution in [1.82, 2.24) is 4.98 Å². The van der Waals surface area contributed by atoms with Crippen LogP contribution in [0, 0.1) is 0 Å². The summed E-state index contributed by atoms with van der Waals surface area (Å²) in [6.07, 6.45) is 1.51. The Morgan fingerprint density at radius 2 is 1.83 bits per heavy atom. The molecule has 0 amide bonds. The number of benzene rings is 1. The van der Waals surface area contributed by atoms with E-state index in [-0.39, 0.29) is 5.75 Å². The number of pyridine rings is 1. The fourth-order valence-electron chi connectivity index (χ4n) is 1.32. The molecule has 0 spiro atoms. The molecule has 1 heterocycles. The minimum atomic E-state index is -2.82. The lowest BCUT2D eigenvalue weighted by molar-refractivity contribution is -0.0498. The van der Waals surface area contributed by atoms with E-state index < -0.39 is 6.61 Å². The molecule has 2 rings (SSSR count). The highest BCUT2D eigenvalue weighted by molar-refractivity contribution is 6.30. The highest BCUT2D eigenvalue weighted by atomic mass is 35.5. The van der Waals surface area contributed by atoms with Gasteiger partial charge in [0, 0.05) is 11.9 Å². The summed E-state index contributed by atoms with van der Waals surface area (Å²) in [5.74, 6) is 0.724. The molecule has 0 saturated carbocycles. The molecule has 3 nitrogen and oxygen atoms in total.